The van der Waals surface area contributed by atoms with Crippen LogP contribution in [0.3, 0.4) is 0 Å². The predicted octanol–water partition coefficient (Wildman–Crippen LogP) is 4.00. The molecule has 0 aliphatic rings. The molecule has 1 N–H and O–H groups in total. The van der Waals surface area contributed by atoms with E-state index in [0.29, 0.717) is 6.04 Å². The van der Waals surface area contributed by atoms with Crippen molar-refractivity contribution in [1.29, 1.82) is 0 Å². The standard InChI is InChI=1S/C16H27NO/c1-12(2)18-15-10-8-7-9-14(15)11-17-13(3)16(4,5)6/h7-10,12-13,17H,11H2,1-6H3. The number of ether oxygens (including phenoxy) is 1. The van der Waals surface area contributed by atoms with Crippen LogP contribution in [0.4, 0.5) is 0 Å². The van der Waals surface area contributed by atoms with Crippen molar-refractivity contribution < 1.29 is 4.74 Å². The van der Waals surface area contributed by atoms with Crippen molar-refractivity contribution in [3.63, 3.8) is 0 Å². The first-order chi connectivity index (χ1) is 8.30. The molecular weight excluding hydrogens is 222 g/mol. The second-order valence-electron chi connectivity index (χ2n) is 6.24. The van der Waals surface area contributed by atoms with Gasteiger partial charge in [-0.1, -0.05) is 39.0 Å². The van der Waals surface area contributed by atoms with Crippen molar-refractivity contribution in [3.05, 3.63) is 29.8 Å². The van der Waals surface area contributed by atoms with Crippen LogP contribution in [0.2, 0.25) is 0 Å². The molecule has 102 valence electrons. The Morgan fingerprint density at radius 3 is 2.28 bits per heavy atom. The minimum atomic E-state index is 0.214. The van der Waals surface area contributed by atoms with Crippen LogP contribution in [-0.2, 0) is 6.54 Å². The fourth-order valence-electron chi connectivity index (χ4n) is 1.59. The van der Waals surface area contributed by atoms with Crippen molar-refractivity contribution in [2.45, 2.75) is 60.2 Å². The molecule has 0 bridgehead atoms. The smallest absolute Gasteiger partial charge is 0.124 e. The van der Waals surface area contributed by atoms with E-state index in [9.17, 15) is 0 Å². The molecule has 1 aromatic carbocycles. The van der Waals surface area contributed by atoms with E-state index in [0.717, 1.165) is 12.3 Å². The quantitative estimate of drug-likeness (QED) is 0.851. The van der Waals surface area contributed by atoms with Crippen molar-refractivity contribution >= 4 is 0 Å². The van der Waals surface area contributed by atoms with Crippen LogP contribution in [0.5, 0.6) is 5.75 Å². The van der Waals surface area contributed by atoms with E-state index < -0.39 is 0 Å². The van der Waals surface area contributed by atoms with Crippen LogP contribution in [0.1, 0.15) is 47.1 Å². The molecule has 0 saturated carbocycles. The molecule has 18 heavy (non-hydrogen) atoms. The van der Waals surface area contributed by atoms with Crippen LogP contribution < -0.4 is 10.1 Å². The molecular formula is C16H27NO. The van der Waals surface area contributed by atoms with Crippen molar-refractivity contribution in [1.82, 2.24) is 5.32 Å². The zero-order valence-corrected chi connectivity index (χ0v) is 12.6. The van der Waals surface area contributed by atoms with Gasteiger partial charge < -0.3 is 10.1 Å². The normalized spacial score (nSPS) is 13.7. The van der Waals surface area contributed by atoms with Gasteiger partial charge in [-0.15, -0.1) is 0 Å². The molecule has 1 unspecified atom stereocenters. The van der Waals surface area contributed by atoms with Gasteiger partial charge >= 0.3 is 0 Å². The Balaban J connectivity index is 2.67. The molecule has 1 rings (SSSR count). The molecule has 0 saturated heterocycles. The van der Waals surface area contributed by atoms with Crippen LogP contribution in [0.15, 0.2) is 24.3 Å². The maximum Gasteiger partial charge on any atom is 0.124 e. The van der Waals surface area contributed by atoms with E-state index in [1.165, 1.54) is 5.56 Å². The fraction of sp³-hybridized carbons (Fsp3) is 0.625. The summed E-state index contributed by atoms with van der Waals surface area (Å²) in [6.07, 6.45) is 0.214. The molecule has 0 heterocycles. The molecule has 2 heteroatoms. The zero-order chi connectivity index (χ0) is 13.8. The highest BCUT2D eigenvalue weighted by Gasteiger charge is 2.19. The first kappa shape index (κ1) is 15.0. The topological polar surface area (TPSA) is 21.3 Å². The number of benzene rings is 1. The average Bonchev–Trinajstić information content (AvgIpc) is 2.25. The Kier molecular flexibility index (Phi) is 5.21. The third kappa shape index (κ3) is 4.69. The number of hydrogen-bond acceptors (Lipinski definition) is 2. The lowest BCUT2D eigenvalue weighted by Crippen LogP contribution is -2.37. The summed E-state index contributed by atoms with van der Waals surface area (Å²) in [6, 6.07) is 8.71. The Bertz CT molecular complexity index is 366. The minimum Gasteiger partial charge on any atom is -0.491 e. The summed E-state index contributed by atoms with van der Waals surface area (Å²) in [6.45, 7) is 13.9. The first-order valence-electron chi connectivity index (χ1n) is 6.78. The molecule has 0 aliphatic carbocycles. The first-order valence-corrected chi connectivity index (χ1v) is 6.78. The highest BCUT2D eigenvalue weighted by molar-refractivity contribution is 5.33. The molecule has 0 aliphatic heterocycles. The minimum absolute atomic E-state index is 0.214. The van der Waals surface area contributed by atoms with Crippen LogP contribution in [-0.4, -0.2) is 12.1 Å². The zero-order valence-electron chi connectivity index (χ0n) is 12.6. The maximum absolute atomic E-state index is 5.82. The third-order valence-corrected chi connectivity index (χ3v) is 3.23. The van der Waals surface area contributed by atoms with Crippen LogP contribution in [0, 0.1) is 5.41 Å². The second-order valence-corrected chi connectivity index (χ2v) is 6.24. The predicted molar refractivity (Wildman–Crippen MR) is 78.0 cm³/mol. The molecule has 0 amide bonds. The highest BCUT2D eigenvalue weighted by Crippen LogP contribution is 2.22. The van der Waals surface area contributed by atoms with Crippen LogP contribution >= 0.6 is 0 Å². The molecule has 1 aromatic rings. The molecule has 1 atom stereocenters. The summed E-state index contributed by atoms with van der Waals surface area (Å²) in [7, 11) is 0. The van der Waals surface area contributed by atoms with E-state index in [-0.39, 0.29) is 11.5 Å². The maximum atomic E-state index is 5.82. The summed E-state index contributed by atoms with van der Waals surface area (Å²) < 4.78 is 5.82. The van der Waals surface area contributed by atoms with Gasteiger partial charge in [-0.3, -0.25) is 0 Å². The van der Waals surface area contributed by atoms with E-state index in [2.05, 4.69) is 59.0 Å². The summed E-state index contributed by atoms with van der Waals surface area (Å²) in [5, 5.41) is 3.57. The second kappa shape index (κ2) is 6.24. The third-order valence-electron chi connectivity index (χ3n) is 3.23. The summed E-state index contributed by atoms with van der Waals surface area (Å²) in [4.78, 5) is 0. The molecule has 2 nitrogen and oxygen atoms in total. The monoisotopic (exact) mass is 249 g/mol. The van der Waals surface area contributed by atoms with Gasteiger partial charge in [0.15, 0.2) is 0 Å². The van der Waals surface area contributed by atoms with Gasteiger partial charge in [0.2, 0.25) is 0 Å². The summed E-state index contributed by atoms with van der Waals surface area (Å²) in [5.74, 6) is 0.987. The lowest BCUT2D eigenvalue weighted by atomic mass is 9.88. The van der Waals surface area contributed by atoms with Crippen molar-refractivity contribution in [3.8, 4) is 5.75 Å². The largest absolute Gasteiger partial charge is 0.491 e. The van der Waals surface area contributed by atoms with E-state index in [1.807, 2.05) is 12.1 Å². The Labute approximate surface area is 112 Å². The van der Waals surface area contributed by atoms with Gasteiger partial charge in [0.1, 0.15) is 5.75 Å². The van der Waals surface area contributed by atoms with Gasteiger partial charge in [0, 0.05) is 18.2 Å². The van der Waals surface area contributed by atoms with E-state index in [4.69, 9.17) is 4.74 Å². The highest BCUT2D eigenvalue weighted by atomic mass is 16.5. The SMILES string of the molecule is CC(C)Oc1ccccc1CNC(C)C(C)(C)C. The van der Waals surface area contributed by atoms with Gasteiger partial charge in [0.05, 0.1) is 6.10 Å². The lowest BCUT2D eigenvalue weighted by Gasteiger charge is -2.28. The lowest BCUT2D eigenvalue weighted by molar-refractivity contribution is 0.237. The van der Waals surface area contributed by atoms with Gasteiger partial charge in [-0.25, -0.2) is 0 Å². The number of hydrogen-bond donors (Lipinski definition) is 1. The van der Waals surface area contributed by atoms with E-state index in [1.54, 1.807) is 0 Å². The molecule has 0 fully saturated rings. The number of para-hydroxylation sites is 1. The van der Waals surface area contributed by atoms with E-state index >= 15 is 0 Å². The number of nitrogens with one attached hydrogen (secondary N) is 1. The van der Waals surface area contributed by atoms with Crippen molar-refractivity contribution in [2.24, 2.45) is 5.41 Å². The Morgan fingerprint density at radius 2 is 1.72 bits per heavy atom. The molecule has 0 spiro atoms. The Hall–Kier alpha value is -1.02. The summed E-state index contributed by atoms with van der Waals surface area (Å²) in [5.41, 5.74) is 1.50. The van der Waals surface area contributed by atoms with Gasteiger partial charge in [-0.05, 0) is 32.3 Å². The van der Waals surface area contributed by atoms with Gasteiger partial charge in [0.25, 0.3) is 0 Å². The molecule has 0 aromatic heterocycles. The Morgan fingerprint density at radius 1 is 1.11 bits per heavy atom. The van der Waals surface area contributed by atoms with Crippen molar-refractivity contribution in [2.75, 3.05) is 0 Å². The van der Waals surface area contributed by atoms with Crippen LogP contribution in [0.25, 0.3) is 0 Å². The number of rotatable bonds is 5. The average molecular weight is 249 g/mol. The molecule has 0 radical (unpaired) electrons. The van der Waals surface area contributed by atoms with Gasteiger partial charge in [-0.2, -0.15) is 0 Å². The fourth-order valence-corrected chi connectivity index (χ4v) is 1.59. The summed E-state index contributed by atoms with van der Waals surface area (Å²) >= 11 is 0.